The molecule has 0 bridgehead atoms. The van der Waals surface area contributed by atoms with Crippen LogP contribution in [0.25, 0.3) is 0 Å². The summed E-state index contributed by atoms with van der Waals surface area (Å²) in [6.07, 6.45) is 2.48. The fraction of sp³-hybridized carbons (Fsp3) is 0.625. The fourth-order valence-electron chi connectivity index (χ4n) is 2.40. The first-order valence-corrected chi connectivity index (χ1v) is 7.12. The summed E-state index contributed by atoms with van der Waals surface area (Å²) in [4.78, 5) is 2.50. The summed E-state index contributed by atoms with van der Waals surface area (Å²) in [5.41, 5.74) is 3.03. The maximum atomic E-state index is 5.40. The van der Waals surface area contributed by atoms with Crippen LogP contribution in [0.1, 0.15) is 31.4 Å². The molecule has 1 saturated heterocycles. The largest absolute Gasteiger partial charge is 0.379 e. The van der Waals surface area contributed by atoms with Crippen LogP contribution in [0.15, 0.2) is 24.3 Å². The van der Waals surface area contributed by atoms with Gasteiger partial charge in [0.25, 0.3) is 0 Å². The van der Waals surface area contributed by atoms with E-state index in [0.29, 0.717) is 0 Å². The minimum atomic E-state index is 0.779. The SMILES string of the molecule is CC(C)CCc1ccccc1CN1CCOCC1. The molecular weight excluding hydrogens is 222 g/mol. The van der Waals surface area contributed by atoms with Crippen LogP contribution in [0.5, 0.6) is 0 Å². The predicted molar refractivity (Wildman–Crippen MR) is 75.7 cm³/mol. The van der Waals surface area contributed by atoms with Crippen LogP contribution in [0, 0.1) is 5.92 Å². The first kappa shape index (κ1) is 13.6. The van der Waals surface area contributed by atoms with Gasteiger partial charge in [-0.05, 0) is 29.9 Å². The van der Waals surface area contributed by atoms with Gasteiger partial charge in [0.05, 0.1) is 13.2 Å². The van der Waals surface area contributed by atoms with Crippen molar-refractivity contribution in [2.45, 2.75) is 33.2 Å². The minimum absolute atomic E-state index is 0.779. The van der Waals surface area contributed by atoms with E-state index in [1.807, 2.05) is 0 Å². The molecule has 1 aromatic carbocycles. The standard InChI is InChI=1S/C16H25NO/c1-14(2)7-8-15-5-3-4-6-16(15)13-17-9-11-18-12-10-17/h3-6,14H,7-13H2,1-2H3. The van der Waals surface area contributed by atoms with Crippen molar-refractivity contribution in [2.24, 2.45) is 5.92 Å². The quantitative estimate of drug-likeness (QED) is 0.792. The Morgan fingerprint density at radius 1 is 1.11 bits per heavy atom. The molecule has 2 heteroatoms. The van der Waals surface area contributed by atoms with Crippen molar-refractivity contribution in [2.75, 3.05) is 26.3 Å². The second kappa shape index (κ2) is 6.91. The number of hydrogen-bond acceptors (Lipinski definition) is 2. The summed E-state index contributed by atoms with van der Waals surface area (Å²) < 4.78 is 5.40. The Labute approximate surface area is 111 Å². The molecule has 18 heavy (non-hydrogen) atoms. The number of morpholine rings is 1. The second-order valence-electron chi connectivity index (χ2n) is 5.59. The summed E-state index contributed by atoms with van der Waals surface area (Å²) in [7, 11) is 0. The van der Waals surface area contributed by atoms with E-state index < -0.39 is 0 Å². The van der Waals surface area contributed by atoms with Crippen LogP contribution in [-0.4, -0.2) is 31.2 Å². The van der Waals surface area contributed by atoms with Gasteiger partial charge in [-0.25, -0.2) is 0 Å². The zero-order valence-electron chi connectivity index (χ0n) is 11.7. The first-order chi connectivity index (χ1) is 8.75. The van der Waals surface area contributed by atoms with E-state index in [2.05, 4.69) is 43.0 Å². The number of ether oxygens (including phenoxy) is 1. The fourth-order valence-corrected chi connectivity index (χ4v) is 2.40. The lowest BCUT2D eigenvalue weighted by molar-refractivity contribution is 0.0341. The van der Waals surface area contributed by atoms with Crippen molar-refractivity contribution in [1.82, 2.24) is 4.90 Å². The Morgan fingerprint density at radius 2 is 1.78 bits per heavy atom. The third-order valence-corrected chi connectivity index (χ3v) is 3.61. The van der Waals surface area contributed by atoms with Crippen molar-refractivity contribution in [3.8, 4) is 0 Å². The van der Waals surface area contributed by atoms with Crippen molar-refractivity contribution < 1.29 is 4.74 Å². The van der Waals surface area contributed by atoms with Crippen molar-refractivity contribution in [3.63, 3.8) is 0 Å². The van der Waals surface area contributed by atoms with Crippen LogP contribution >= 0.6 is 0 Å². The van der Waals surface area contributed by atoms with Gasteiger partial charge in [-0.3, -0.25) is 4.90 Å². The summed E-state index contributed by atoms with van der Waals surface area (Å²) in [6.45, 7) is 9.58. The lowest BCUT2D eigenvalue weighted by atomic mass is 9.98. The zero-order chi connectivity index (χ0) is 12.8. The van der Waals surface area contributed by atoms with E-state index in [4.69, 9.17) is 4.74 Å². The molecule has 0 aromatic heterocycles. The second-order valence-corrected chi connectivity index (χ2v) is 5.59. The molecule has 1 aliphatic rings. The zero-order valence-corrected chi connectivity index (χ0v) is 11.7. The van der Waals surface area contributed by atoms with E-state index in [-0.39, 0.29) is 0 Å². The average Bonchev–Trinajstić information content (AvgIpc) is 2.39. The number of hydrogen-bond donors (Lipinski definition) is 0. The monoisotopic (exact) mass is 247 g/mol. The van der Waals surface area contributed by atoms with Gasteiger partial charge in [0.1, 0.15) is 0 Å². The topological polar surface area (TPSA) is 12.5 Å². The summed E-state index contributed by atoms with van der Waals surface area (Å²) >= 11 is 0. The minimum Gasteiger partial charge on any atom is -0.379 e. The molecule has 2 rings (SSSR count). The van der Waals surface area contributed by atoms with Gasteiger partial charge < -0.3 is 4.74 Å². The summed E-state index contributed by atoms with van der Waals surface area (Å²) in [5, 5.41) is 0. The van der Waals surface area contributed by atoms with Crippen LogP contribution in [0.2, 0.25) is 0 Å². The Hall–Kier alpha value is -0.860. The molecule has 1 heterocycles. The molecule has 0 radical (unpaired) electrons. The maximum Gasteiger partial charge on any atom is 0.0594 e. The van der Waals surface area contributed by atoms with E-state index in [1.165, 1.54) is 24.0 Å². The summed E-state index contributed by atoms with van der Waals surface area (Å²) in [6, 6.07) is 8.90. The molecular formula is C16H25NO. The molecule has 0 amide bonds. The summed E-state index contributed by atoms with van der Waals surface area (Å²) in [5.74, 6) is 0.779. The molecule has 1 fully saturated rings. The highest BCUT2D eigenvalue weighted by Crippen LogP contribution is 2.16. The van der Waals surface area contributed by atoms with Gasteiger partial charge in [0.15, 0.2) is 0 Å². The van der Waals surface area contributed by atoms with Crippen LogP contribution in [0.4, 0.5) is 0 Å². The molecule has 0 unspecified atom stereocenters. The smallest absolute Gasteiger partial charge is 0.0594 e. The number of nitrogens with zero attached hydrogens (tertiary/aromatic N) is 1. The molecule has 1 aromatic rings. The van der Waals surface area contributed by atoms with Crippen LogP contribution in [-0.2, 0) is 17.7 Å². The highest BCUT2D eigenvalue weighted by Gasteiger charge is 2.12. The molecule has 2 nitrogen and oxygen atoms in total. The average molecular weight is 247 g/mol. The van der Waals surface area contributed by atoms with Crippen molar-refractivity contribution in [1.29, 1.82) is 0 Å². The van der Waals surface area contributed by atoms with Crippen molar-refractivity contribution in [3.05, 3.63) is 35.4 Å². The van der Waals surface area contributed by atoms with Gasteiger partial charge in [0.2, 0.25) is 0 Å². The third kappa shape index (κ3) is 4.11. The van der Waals surface area contributed by atoms with E-state index in [9.17, 15) is 0 Å². The van der Waals surface area contributed by atoms with Gasteiger partial charge in [0, 0.05) is 19.6 Å². The number of aryl methyl sites for hydroxylation is 1. The first-order valence-electron chi connectivity index (χ1n) is 7.12. The molecule has 0 N–H and O–H groups in total. The number of benzene rings is 1. The highest BCUT2D eigenvalue weighted by atomic mass is 16.5. The Kier molecular flexibility index (Phi) is 5.21. The van der Waals surface area contributed by atoms with Crippen LogP contribution < -0.4 is 0 Å². The van der Waals surface area contributed by atoms with E-state index in [1.54, 1.807) is 0 Å². The van der Waals surface area contributed by atoms with Gasteiger partial charge >= 0.3 is 0 Å². The third-order valence-electron chi connectivity index (χ3n) is 3.61. The van der Waals surface area contributed by atoms with E-state index >= 15 is 0 Å². The van der Waals surface area contributed by atoms with Gasteiger partial charge in [-0.15, -0.1) is 0 Å². The lowest BCUT2D eigenvalue weighted by Gasteiger charge is -2.27. The molecule has 1 aliphatic heterocycles. The molecule has 0 saturated carbocycles. The molecule has 0 aliphatic carbocycles. The van der Waals surface area contributed by atoms with Gasteiger partial charge in [-0.1, -0.05) is 38.1 Å². The van der Waals surface area contributed by atoms with Crippen molar-refractivity contribution >= 4 is 0 Å². The Morgan fingerprint density at radius 3 is 2.44 bits per heavy atom. The molecule has 0 spiro atoms. The van der Waals surface area contributed by atoms with Gasteiger partial charge in [-0.2, -0.15) is 0 Å². The highest BCUT2D eigenvalue weighted by molar-refractivity contribution is 5.27. The molecule has 100 valence electrons. The number of rotatable bonds is 5. The predicted octanol–water partition coefficient (Wildman–Crippen LogP) is 3.11. The Balaban J connectivity index is 1.97. The molecule has 0 atom stereocenters. The lowest BCUT2D eigenvalue weighted by Crippen LogP contribution is -2.35. The maximum absolute atomic E-state index is 5.40. The van der Waals surface area contributed by atoms with E-state index in [0.717, 1.165) is 38.8 Å². The normalized spacial score (nSPS) is 17.3. The Bertz CT molecular complexity index is 356. The van der Waals surface area contributed by atoms with Crippen LogP contribution in [0.3, 0.4) is 0 Å².